The monoisotopic (exact) mass is 322 g/mol. The molecule has 0 aliphatic heterocycles. The highest BCUT2D eigenvalue weighted by Crippen LogP contribution is 2.30. The number of halogens is 2. The van der Waals surface area contributed by atoms with Crippen molar-refractivity contribution >= 4 is 45.2 Å². The maximum Gasteiger partial charge on any atom is 0.0120 e. The summed E-state index contributed by atoms with van der Waals surface area (Å²) in [6, 6.07) is 0. The van der Waals surface area contributed by atoms with Gasteiger partial charge in [0, 0.05) is 7.85 Å². The fourth-order valence-corrected chi connectivity index (χ4v) is 3.79. The molecule has 1 saturated carbocycles. The summed E-state index contributed by atoms with van der Waals surface area (Å²) >= 11 is 5.08. The quantitative estimate of drug-likeness (QED) is 0.475. The van der Waals surface area contributed by atoms with Gasteiger partial charge in [0.1, 0.15) is 0 Å². The van der Waals surface area contributed by atoms with Gasteiger partial charge in [0.2, 0.25) is 0 Å². The zero-order chi connectivity index (χ0) is 5.28. The normalized spacial score (nSPS) is 42.0. The lowest BCUT2D eigenvalue weighted by Gasteiger charge is -1.93. The number of hydrogen-bond acceptors (Lipinski definition) is 0. The predicted molar refractivity (Wildman–Crippen MR) is 49.5 cm³/mol. The Morgan fingerprint density at radius 1 is 1.00 bits per heavy atom. The summed E-state index contributed by atoms with van der Waals surface area (Å²) in [7, 11) is 0. The molecule has 0 amide bonds. The standard InChI is InChI=1S/C5H8I2/c6-4-1-2-5(7)3-4/h4-5H,1-3H2/t4-,5?/m0/s1. The SMILES string of the molecule is IC1CC[C@H](I)C1. The van der Waals surface area contributed by atoms with Crippen LogP contribution in [0.2, 0.25) is 0 Å². The molecule has 2 atom stereocenters. The third kappa shape index (κ3) is 2.03. The lowest BCUT2D eigenvalue weighted by Crippen LogP contribution is -1.88. The third-order valence-corrected chi connectivity index (χ3v) is 3.57. The molecule has 1 aliphatic carbocycles. The summed E-state index contributed by atoms with van der Waals surface area (Å²) in [5.74, 6) is 0. The second-order valence-electron chi connectivity index (χ2n) is 2.01. The molecule has 42 valence electrons. The molecular formula is C5H8I2. The lowest BCUT2D eigenvalue weighted by atomic mass is 10.4. The minimum Gasteiger partial charge on any atom is -0.0826 e. The van der Waals surface area contributed by atoms with E-state index in [1.165, 1.54) is 19.3 Å². The molecule has 0 spiro atoms. The van der Waals surface area contributed by atoms with Gasteiger partial charge in [-0.3, -0.25) is 0 Å². The lowest BCUT2D eigenvalue weighted by molar-refractivity contribution is 0.926. The van der Waals surface area contributed by atoms with E-state index in [4.69, 9.17) is 0 Å². The van der Waals surface area contributed by atoms with Crippen LogP contribution in [-0.4, -0.2) is 7.85 Å². The van der Waals surface area contributed by atoms with E-state index in [9.17, 15) is 0 Å². The summed E-state index contributed by atoms with van der Waals surface area (Å²) in [5.41, 5.74) is 0. The van der Waals surface area contributed by atoms with Gasteiger partial charge in [-0.2, -0.15) is 0 Å². The van der Waals surface area contributed by atoms with Crippen molar-refractivity contribution < 1.29 is 0 Å². The predicted octanol–water partition coefficient (Wildman–Crippen LogP) is 2.78. The Labute approximate surface area is 71.7 Å². The molecule has 0 heterocycles. The van der Waals surface area contributed by atoms with E-state index >= 15 is 0 Å². The highest BCUT2D eigenvalue weighted by Gasteiger charge is 2.18. The molecule has 0 aromatic rings. The van der Waals surface area contributed by atoms with E-state index in [1.54, 1.807) is 0 Å². The van der Waals surface area contributed by atoms with Crippen LogP contribution in [0.1, 0.15) is 19.3 Å². The number of hydrogen-bond donors (Lipinski definition) is 0. The first-order valence-corrected chi connectivity index (χ1v) is 5.06. The van der Waals surface area contributed by atoms with Crippen LogP contribution < -0.4 is 0 Å². The minimum atomic E-state index is 0.986. The first-order valence-electron chi connectivity index (χ1n) is 2.57. The highest BCUT2D eigenvalue weighted by molar-refractivity contribution is 14.1. The molecule has 1 unspecified atom stereocenters. The van der Waals surface area contributed by atoms with Crippen LogP contribution in [-0.2, 0) is 0 Å². The van der Waals surface area contributed by atoms with Crippen LogP contribution in [0, 0.1) is 0 Å². The summed E-state index contributed by atoms with van der Waals surface area (Å²) in [5, 5.41) is 0. The molecule has 0 aromatic carbocycles. The van der Waals surface area contributed by atoms with Crippen molar-refractivity contribution in [1.82, 2.24) is 0 Å². The molecule has 0 bridgehead atoms. The summed E-state index contributed by atoms with van der Waals surface area (Å²) in [6.45, 7) is 0. The first kappa shape index (κ1) is 6.58. The number of rotatable bonds is 0. The zero-order valence-electron chi connectivity index (χ0n) is 4.03. The molecule has 7 heavy (non-hydrogen) atoms. The van der Waals surface area contributed by atoms with E-state index in [0.29, 0.717) is 0 Å². The van der Waals surface area contributed by atoms with Crippen LogP contribution in [0.15, 0.2) is 0 Å². The highest BCUT2D eigenvalue weighted by atomic mass is 127. The maximum absolute atomic E-state index is 2.54. The van der Waals surface area contributed by atoms with Gasteiger partial charge in [0.15, 0.2) is 0 Å². The molecular weight excluding hydrogens is 314 g/mol. The molecule has 0 radical (unpaired) electrons. The van der Waals surface area contributed by atoms with Crippen molar-refractivity contribution in [1.29, 1.82) is 0 Å². The van der Waals surface area contributed by atoms with E-state index in [2.05, 4.69) is 45.2 Å². The van der Waals surface area contributed by atoms with Gasteiger partial charge in [-0.05, 0) is 19.3 Å². The third-order valence-electron chi connectivity index (χ3n) is 1.30. The molecule has 1 aliphatic rings. The Hall–Kier alpha value is 1.46. The first-order chi connectivity index (χ1) is 3.29. The Bertz CT molecular complexity index is 55.1. The molecule has 1 rings (SSSR count). The van der Waals surface area contributed by atoms with E-state index < -0.39 is 0 Å². The van der Waals surface area contributed by atoms with E-state index in [1.807, 2.05) is 0 Å². The molecule has 0 saturated heterocycles. The average molecular weight is 322 g/mol. The summed E-state index contributed by atoms with van der Waals surface area (Å²) in [4.78, 5) is 0. The van der Waals surface area contributed by atoms with Crippen molar-refractivity contribution in [2.45, 2.75) is 27.1 Å². The molecule has 0 aromatic heterocycles. The topological polar surface area (TPSA) is 0 Å². The summed E-state index contributed by atoms with van der Waals surface area (Å²) in [6.07, 6.45) is 4.35. The largest absolute Gasteiger partial charge is 0.0826 e. The molecule has 2 heteroatoms. The van der Waals surface area contributed by atoms with Crippen LogP contribution in [0.25, 0.3) is 0 Å². The Balaban J connectivity index is 2.26. The fraction of sp³-hybridized carbons (Fsp3) is 1.00. The fourth-order valence-electron chi connectivity index (χ4n) is 0.875. The van der Waals surface area contributed by atoms with Crippen molar-refractivity contribution in [2.75, 3.05) is 0 Å². The van der Waals surface area contributed by atoms with Gasteiger partial charge in [-0.25, -0.2) is 0 Å². The van der Waals surface area contributed by atoms with Crippen LogP contribution >= 0.6 is 45.2 Å². The minimum absolute atomic E-state index is 0.986. The Kier molecular flexibility index (Phi) is 2.67. The Morgan fingerprint density at radius 2 is 1.43 bits per heavy atom. The van der Waals surface area contributed by atoms with Crippen LogP contribution in [0.4, 0.5) is 0 Å². The smallest absolute Gasteiger partial charge is 0.0120 e. The van der Waals surface area contributed by atoms with Crippen LogP contribution in [0.5, 0.6) is 0 Å². The van der Waals surface area contributed by atoms with Crippen molar-refractivity contribution in [3.05, 3.63) is 0 Å². The van der Waals surface area contributed by atoms with Crippen molar-refractivity contribution in [3.63, 3.8) is 0 Å². The van der Waals surface area contributed by atoms with E-state index in [-0.39, 0.29) is 0 Å². The van der Waals surface area contributed by atoms with Gasteiger partial charge in [-0.1, -0.05) is 45.2 Å². The zero-order valence-corrected chi connectivity index (χ0v) is 8.35. The van der Waals surface area contributed by atoms with Gasteiger partial charge in [-0.15, -0.1) is 0 Å². The van der Waals surface area contributed by atoms with Crippen molar-refractivity contribution in [3.8, 4) is 0 Å². The Morgan fingerprint density at radius 3 is 1.57 bits per heavy atom. The van der Waals surface area contributed by atoms with Crippen LogP contribution in [0.3, 0.4) is 0 Å². The molecule has 0 N–H and O–H groups in total. The second-order valence-corrected chi connectivity index (χ2v) is 5.53. The van der Waals surface area contributed by atoms with Gasteiger partial charge < -0.3 is 0 Å². The summed E-state index contributed by atoms with van der Waals surface area (Å²) < 4.78 is 1.97. The molecule has 0 nitrogen and oxygen atoms in total. The average Bonchev–Trinajstić information content (AvgIpc) is 1.87. The van der Waals surface area contributed by atoms with Gasteiger partial charge >= 0.3 is 0 Å². The van der Waals surface area contributed by atoms with Gasteiger partial charge in [0.05, 0.1) is 0 Å². The van der Waals surface area contributed by atoms with Crippen molar-refractivity contribution in [2.24, 2.45) is 0 Å². The molecule has 1 fully saturated rings. The van der Waals surface area contributed by atoms with Gasteiger partial charge in [0.25, 0.3) is 0 Å². The van der Waals surface area contributed by atoms with E-state index in [0.717, 1.165) is 7.85 Å². The second kappa shape index (κ2) is 2.85. The number of alkyl halides is 2. The maximum atomic E-state index is 2.54.